The summed E-state index contributed by atoms with van der Waals surface area (Å²) in [6.07, 6.45) is 5.02. The Morgan fingerprint density at radius 3 is 2.94 bits per heavy atom. The molecule has 1 aromatic heterocycles. The lowest BCUT2D eigenvalue weighted by Gasteiger charge is -2.18. The van der Waals surface area contributed by atoms with Crippen LogP contribution in [0.15, 0.2) is 18.2 Å². The summed E-state index contributed by atoms with van der Waals surface area (Å²) < 4.78 is 2.17. The second kappa shape index (κ2) is 4.47. The summed E-state index contributed by atoms with van der Waals surface area (Å²) in [5, 5.41) is 0.680. The number of hydrogen-bond acceptors (Lipinski definition) is 2. The molecule has 1 heterocycles. The van der Waals surface area contributed by atoms with E-state index in [2.05, 4.69) is 22.5 Å². The number of fused-ring (bicyclic) bond motifs is 1. The van der Waals surface area contributed by atoms with Gasteiger partial charge >= 0.3 is 0 Å². The van der Waals surface area contributed by atoms with Crippen LogP contribution in [-0.4, -0.2) is 9.55 Å². The molecule has 0 radical (unpaired) electrons. The van der Waals surface area contributed by atoms with Crippen molar-refractivity contribution < 1.29 is 0 Å². The number of imidazole rings is 1. The molecule has 96 valence electrons. The molecule has 1 aromatic carbocycles. The first-order valence-corrected chi connectivity index (χ1v) is 7.00. The minimum atomic E-state index is 0.445. The molecule has 1 saturated carbocycles. The normalized spacial score (nSPS) is 17.2. The molecule has 1 aliphatic carbocycles. The van der Waals surface area contributed by atoms with Gasteiger partial charge in [0.25, 0.3) is 0 Å². The quantitative estimate of drug-likeness (QED) is 0.905. The zero-order valence-corrected chi connectivity index (χ0v) is 11.3. The second-order valence-corrected chi connectivity index (χ2v) is 5.60. The van der Waals surface area contributed by atoms with Crippen molar-refractivity contribution in [2.45, 2.75) is 38.6 Å². The molecule has 2 aromatic rings. The number of anilines is 1. The molecule has 1 unspecified atom stereocenters. The maximum absolute atomic E-state index is 6.18. The molecular weight excluding hydrogens is 246 g/mol. The van der Waals surface area contributed by atoms with Crippen molar-refractivity contribution >= 4 is 28.6 Å². The van der Waals surface area contributed by atoms with Crippen molar-refractivity contribution in [3.8, 4) is 0 Å². The zero-order chi connectivity index (χ0) is 12.7. The van der Waals surface area contributed by atoms with E-state index in [-0.39, 0.29) is 0 Å². The Morgan fingerprint density at radius 2 is 2.28 bits per heavy atom. The summed E-state index contributed by atoms with van der Waals surface area (Å²) in [4.78, 5) is 4.42. The molecule has 3 nitrogen and oxygen atoms in total. The standard InChI is InChI=1S/C14H18ClN3/c1-2-10(8-9-6-7-9)18-12-5-3-4-11(15)13(12)17-14(18)16/h3-5,9-10H,2,6-8H2,1H3,(H2,16,17). The minimum Gasteiger partial charge on any atom is -0.369 e. The van der Waals surface area contributed by atoms with Crippen molar-refractivity contribution in [1.82, 2.24) is 9.55 Å². The van der Waals surface area contributed by atoms with Crippen LogP contribution in [0.25, 0.3) is 11.0 Å². The Kier molecular flexibility index (Phi) is 2.94. The third-order valence-electron chi connectivity index (χ3n) is 3.84. The van der Waals surface area contributed by atoms with Gasteiger partial charge in [-0.05, 0) is 30.9 Å². The number of para-hydroxylation sites is 1. The molecule has 1 aliphatic rings. The molecule has 0 bridgehead atoms. The molecule has 1 atom stereocenters. The highest BCUT2D eigenvalue weighted by molar-refractivity contribution is 6.35. The van der Waals surface area contributed by atoms with Crippen LogP contribution in [0.1, 0.15) is 38.6 Å². The van der Waals surface area contributed by atoms with Gasteiger partial charge in [-0.15, -0.1) is 0 Å². The van der Waals surface area contributed by atoms with E-state index in [1.54, 1.807) is 0 Å². The Balaban J connectivity index is 2.08. The van der Waals surface area contributed by atoms with Crippen molar-refractivity contribution in [3.05, 3.63) is 23.2 Å². The molecule has 4 heteroatoms. The predicted octanol–water partition coefficient (Wildman–Crippen LogP) is 4.02. The average Bonchev–Trinajstić information content (AvgIpc) is 3.10. The first-order valence-electron chi connectivity index (χ1n) is 6.62. The van der Waals surface area contributed by atoms with Crippen molar-refractivity contribution in [2.75, 3.05) is 5.73 Å². The van der Waals surface area contributed by atoms with E-state index in [0.717, 1.165) is 23.4 Å². The molecule has 0 aliphatic heterocycles. The number of nitrogens with two attached hydrogens (primary N) is 1. The summed E-state index contributed by atoms with van der Waals surface area (Å²) >= 11 is 6.18. The van der Waals surface area contributed by atoms with Crippen LogP contribution in [0.3, 0.4) is 0 Å². The fourth-order valence-corrected chi connectivity index (χ4v) is 2.89. The lowest BCUT2D eigenvalue weighted by molar-refractivity contribution is 0.442. The molecule has 1 fully saturated rings. The van der Waals surface area contributed by atoms with Crippen LogP contribution in [0.4, 0.5) is 5.95 Å². The van der Waals surface area contributed by atoms with Gasteiger partial charge in [0.15, 0.2) is 0 Å². The van der Waals surface area contributed by atoms with Crippen LogP contribution in [0.5, 0.6) is 0 Å². The van der Waals surface area contributed by atoms with E-state index in [4.69, 9.17) is 17.3 Å². The van der Waals surface area contributed by atoms with Crippen LogP contribution >= 0.6 is 11.6 Å². The van der Waals surface area contributed by atoms with E-state index in [0.29, 0.717) is 17.0 Å². The molecule has 0 amide bonds. The van der Waals surface area contributed by atoms with E-state index in [9.17, 15) is 0 Å². The fraction of sp³-hybridized carbons (Fsp3) is 0.500. The summed E-state index contributed by atoms with van der Waals surface area (Å²) in [5.41, 5.74) is 7.98. The molecule has 2 N–H and O–H groups in total. The molecule has 18 heavy (non-hydrogen) atoms. The number of nitrogen functional groups attached to an aromatic ring is 1. The summed E-state index contributed by atoms with van der Waals surface area (Å²) in [7, 11) is 0. The van der Waals surface area contributed by atoms with E-state index in [1.165, 1.54) is 19.3 Å². The first kappa shape index (κ1) is 11.8. The Morgan fingerprint density at radius 1 is 1.50 bits per heavy atom. The summed E-state index contributed by atoms with van der Waals surface area (Å²) in [5.74, 6) is 1.47. The van der Waals surface area contributed by atoms with Gasteiger partial charge in [0.05, 0.1) is 10.5 Å². The van der Waals surface area contributed by atoms with Crippen LogP contribution < -0.4 is 5.73 Å². The monoisotopic (exact) mass is 263 g/mol. The van der Waals surface area contributed by atoms with Crippen LogP contribution in [0, 0.1) is 5.92 Å². The lowest BCUT2D eigenvalue weighted by Crippen LogP contribution is -2.12. The molecular formula is C14H18ClN3. The third kappa shape index (κ3) is 1.97. The minimum absolute atomic E-state index is 0.445. The molecule has 0 saturated heterocycles. The van der Waals surface area contributed by atoms with Gasteiger partial charge in [0.1, 0.15) is 5.52 Å². The maximum Gasteiger partial charge on any atom is 0.201 e. The van der Waals surface area contributed by atoms with Gasteiger partial charge in [-0.1, -0.05) is 37.4 Å². The SMILES string of the molecule is CCC(CC1CC1)n1c(N)nc2c(Cl)cccc21. The highest BCUT2D eigenvalue weighted by Crippen LogP contribution is 2.40. The highest BCUT2D eigenvalue weighted by atomic mass is 35.5. The van der Waals surface area contributed by atoms with Gasteiger partial charge < -0.3 is 10.3 Å². The molecule has 0 spiro atoms. The van der Waals surface area contributed by atoms with E-state index in [1.807, 2.05) is 12.1 Å². The van der Waals surface area contributed by atoms with E-state index >= 15 is 0 Å². The number of hydrogen-bond donors (Lipinski definition) is 1. The zero-order valence-electron chi connectivity index (χ0n) is 10.6. The van der Waals surface area contributed by atoms with Crippen molar-refractivity contribution in [3.63, 3.8) is 0 Å². The summed E-state index contributed by atoms with van der Waals surface area (Å²) in [6, 6.07) is 6.33. The number of rotatable bonds is 4. The van der Waals surface area contributed by atoms with Crippen LogP contribution in [-0.2, 0) is 0 Å². The maximum atomic E-state index is 6.18. The van der Waals surface area contributed by atoms with Gasteiger partial charge in [0.2, 0.25) is 5.95 Å². The first-order chi connectivity index (χ1) is 8.70. The summed E-state index contributed by atoms with van der Waals surface area (Å²) in [6.45, 7) is 2.21. The highest BCUT2D eigenvalue weighted by Gasteiger charge is 2.27. The topological polar surface area (TPSA) is 43.8 Å². The largest absolute Gasteiger partial charge is 0.369 e. The van der Waals surface area contributed by atoms with E-state index < -0.39 is 0 Å². The fourth-order valence-electron chi connectivity index (χ4n) is 2.68. The van der Waals surface area contributed by atoms with Gasteiger partial charge in [0, 0.05) is 6.04 Å². The number of nitrogens with zero attached hydrogens (tertiary/aromatic N) is 2. The Bertz CT molecular complexity index is 572. The van der Waals surface area contributed by atoms with Crippen molar-refractivity contribution in [1.29, 1.82) is 0 Å². The third-order valence-corrected chi connectivity index (χ3v) is 4.14. The Labute approximate surface area is 112 Å². The molecule has 3 rings (SSSR count). The average molecular weight is 264 g/mol. The number of aromatic nitrogens is 2. The van der Waals surface area contributed by atoms with Crippen LogP contribution in [0.2, 0.25) is 5.02 Å². The van der Waals surface area contributed by atoms with Crippen molar-refractivity contribution in [2.24, 2.45) is 5.92 Å². The van der Waals surface area contributed by atoms with Gasteiger partial charge in [-0.2, -0.15) is 0 Å². The van der Waals surface area contributed by atoms with Gasteiger partial charge in [-0.25, -0.2) is 4.98 Å². The van der Waals surface area contributed by atoms with Gasteiger partial charge in [-0.3, -0.25) is 0 Å². The lowest BCUT2D eigenvalue weighted by atomic mass is 10.1. The second-order valence-electron chi connectivity index (χ2n) is 5.19. The smallest absolute Gasteiger partial charge is 0.201 e. The predicted molar refractivity (Wildman–Crippen MR) is 75.8 cm³/mol. The Hall–Kier alpha value is -1.22. The number of benzene rings is 1. The number of halogens is 1.